The molecule has 284 valence electrons. The van der Waals surface area contributed by atoms with Crippen molar-refractivity contribution in [3.8, 4) is 56.4 Å². The summed E-state index contributed by atoms with van der Waals surface area (Å²) in [5.41, 5.74) is 12.0. The quantitative estimate of drug-likeness (QED) is 0.173. The van der Waals surface area contributed by atoms with Crippen molar-refractivity contribution in [2.45, 2.75) is 0 Å². The molecule has 6 nitrogen and oxygen atoms in total. The first-order chi connectivity index (χ1) is 30.2. The zero-order valence-electron chi connectivity index (χ0n) is 32.5. The Hall–Kier alpha value is -8.35. The summed E-state index contributed by atoms with van der Waals surface area (Å²) in [6, 6.07) is 64.5. The molecule has 0 bridgehead atoms. The van der Waals surface area contributed by atoms with Crippen molar-refractivity contribution in [2.75, 3.05) is 0 Å². The van der Waals surface area contributed by atoms with Gasteiger partial charge in [-0.05, 0) is 82.1 Å². The van der Waals surface area contributed by atoms with Crippen LogP contribution >= 0.6 is 0 Å². The zero-order valence-corrected chi connectivity index (χ0v) is 32.5. The first-order valence-electron chi connectivity index (χ1n) is 20.3. The lowest BCUT2D eigenvalue weighted by Gasteiger charge is -2.10. The van der Waals surface area contributed by atoms with Gasteiger partial charge in [0.2, 0.25) is 0 Å². The Balaban J connectivity index is 1.01. The van der Waals surface area contributed by atoms with Crippen LogP contribution in [0.25, 0.3) is 133 Å². The fraction of sp³-hybridized carbons (Fsp3) is 0. The van der Waals surface area contributed by atoms with Gasteiger partial charge in [0.1, 0.15) is 33.5 Å². The third kappa shape index (κ3) is 5.32. The molecule has 0 amide bonds. The third-order valence-corrected chi connectivity index (χ3v) is 11.9. The molecule has 61 heavy (non-hydrogen) atoms. The summed E-state index contributed by atoms with van der Waals surface area (Å²) in [4.78, 5) is 15.6. The van der Waals surface area contributed by atoms with E-state index in [2.05, 4.69) is 127 Å². The molecule has 0 saturated heterocycles. The first kappa shape index (κ1) is 33.6. The number of nitrogens with zero attached hydrogens (tertiary/aromatic N) is 3. The van der Waals surface area contributed by atoms with Gasteiger partial charge in [-0.15, -0.1) is 0 Å². The van der Waals surface area contributed by atoms with E-state index in [1.54, 1.807) is 0 Å². The highest BCUT2D eigenvalue weighted by molar-refractivity contribution is 6.22. The van der Waals surface area contributed by atoms with E-state index in [-0.39, 0.29) is 0 Å². The summed E-state index contributed by atoms with van der Waals surface area (Å²) < 4.78 is 19.3. The predicted molar refractivity (Wildman–Crippen MR) is 246 cm³/mol. The normalized spacial score (nSPS) is 11.9. The van der Waals surface area contributed by atoms with E-state index in [4.69, 9.17) is 28.2 Å². The summed E-state index contributed by atoms with van der Waals surface area (Å²) in [5.74, 6) is 1.71. The fourth-order valence-corrected chi connectivity index (χ4v) is 9.08. The number of hydrogen-bond acceptors (Lipinski definition) is 6. The van der Waals surface area contributed by atoms with Crippen LogP contribution in [0.15, 0.2) is 201 Å². The molecule has 0 saturated carbocycles. The Morgan fingerprint density at radius 1 is 0.279 bits per heavy atom. The molecule has 4 heterocycles. The molecule has 13 aromatic rings. The molecular weight excluding hydrogens is 751 g/mol. The van der Waals surface area contributed by atoms with E-state index >= 15 is 0 Å². The van der Waals surface area contributed by atoms with Crippen LogP contribution in [0.3, 0.4) is 0 Å². The maximum Gasteiger partial charge on any atom is 0.164 e. The number of rotatable bonds is 5. The summed E-state index contributed by atoms with van der Waals surface area (Å²) >= 11 is 0. The van der Waals surface area contributed by atoms with Crippen molar-refractivity contribution in [2.24, 2.45) is 0 Å². The first-order valence-corrected chi connectivity index (χ1v) is 20.3. The van der Waals surface area contributed by atoms with Gasteiger partial charge in [-0.2, -0.15) is 0 Å². The van der Waals surface area contributed by atoms with Crippen LogP contribution in [0.2, 0.25) is 0 Å². The van der Waals surface area contributed by atoms with Crippen LogP contribution in [0.5, 0.6) is 0 Å². The SMILES string of the molecule is c1ccc(-c2ccc(-c3nc(-c4ccc5oc6ccccc6c5c4)nc(-c4cccc5oc6cc(-c7c8ccccc8cc8oc9ccccc9c78)ccc6c45)n3)cc2)cc1. The number of benzene rings is 9. The van der Waals surface area contributed by atoms with Gasteiger partial charge < -0.3 is 13.3 Å². The van der Waals surface area contributed by atoms with Gasteiger partial charge in [0.15, 0.2) is 17.5 Å². The van der Waals surface area contributed by atoms with E-state index in [1.807, 2.05) is 60.7 Å². The second-order valence-corrected chi connectivity index (χ2v) is 15.5. The monoisotopic (exact) mass is 781 g/mol. The minimum atomic E-state index is 0.558. The molecule has 6 heteroatoms. The van der Waals surface area contributed by atoms with Crippen molar-refractivity contribution in [3.63, 3.8) is 0 Å². The van der Waals surface area contributed by atoms with Crippen LogP contribution in [0.4, 0.5) is 0 Å². The molecule has 9 aromatic carbocycles. The van der Waals surface area contributed by atoms with Crippen LogP contribution in [0, 0.1) is 0 Å². The van der Waals surface area contributed by atoms with Crippen LogP contribution < -0.4 is 0 Å². The van der Waals surface area contributed by atoms with Gasteiger partial charge >= 0.3 is 0 Å². The topological polar surface area (TPSA) is 78.1 Å². The number of hydrogen-bond donors (Lipinski definition) is 0. The molecule has 0 N–H and O–H groups in total. The van der Waals surface area contributed by atoms with Gasteiger partial charge in [-0.25, -0.2) is 15.0 Å². The third-order valence-electron chi connectivity index (χ3n) is 11.9. The zero-order chi connectivity index (χ0) is 40.0. The van der Waals surface area contributed by atoms with Crippen molar-refractivity contribution in [1.29, 1.82) is 0 Å². The molecule has 4 aromatic heterocycles. The highest BCUT2D eigenvalue weighted by atomic mass is 16.3. The van der Waals surface area contributed by atoms with E-state index in [0.717, 1.165) is 116 Å². The Kier molecular flexibility index (Phi) is 7.21. The summed E-state index contributed by atoms with van der Waals surface area (Å²) in [6.07, 6.45) is 0. The number of fused-ring (bicyclic) bond motifs is 10. The second kappa shape index (κ2) is 13.1. The molecule has 0 aliphatic heterocycles. The molecule has 0 radical (unpaired) electrons. The van der Waals surface area contributed by atoms with Crippen molar-refractivity contribution in [3.05, 3.63) is 188 Å². The minimum absolute atomic E-state index is 0.558. The number of aromatic nitrogens is 3. The summed E-state index contributed by atoms with van der Waals surface area (Å²) in [7, 11) is 0. The molecule has 0 aliphatic rings. The van der Waals surface area contributed by atoms with Crippen molar-refractivity contribution < 1.29 is 13.3 Å². The Morgan fingerprint density at radius 2 is 0.852 bits per heavy atom. The highest BCUT2D eigenvalue weighted by Gasteiger charge is 2.21. The molecule has 0 aliphatic carbocycles. The smallest absolute Gasteiger partial charge is 0.164 e. The Labute approximate surface area is 348 Å². The van der Waals surface area contributed by atoms with E-state index in [1.165, 1.54) is 0 Å². The Bertz CT molecular complexity index is 3880. The lowest BCUT2D eigenvalue weighted by molar-refractivity contribution is 0.668. The molecule has 0 spiro atoms. The molecule has 0 fully saturated rings. The predicted octanol–water partition coefficient (Wildman–Crippen LogP) is 15.1. The van der Waals surface area contributed by atoms with Crippen LogP contribution in [-0.2, 0) is 0 Å². The van der Waals surface area contributed by atoms with Gasteiger partial charge in [-0.3, -0.25) is 0 Å². The van der Waals surface area contributed by atoms with E-state index in [9.17, 15) is 0 Å². The summed E-state index contributed by atoms with van der Waals surface area (Å²) in [6.45, 7) is 0. The molecule has 0 atom stereocenters. The second-order valence-electron chi connectivity index (χ2n) is 15.5. The minimum Gasteiger partial charge on any atom is -0.456 e. The van der Waals surface area contributed by atoms with Gasteiger partial charge in [0, 0.05) is 54.6 Å². The number of para-hydroxylation sites is 2. The molecule has 13 rings (SSSR count). The average Bonchev–Trinajstić information content (AvgIpc) is 4.01. The van der Waals surface area contributed by atoms with Gasteiger partial charge in [-0.1, -0.05) is 133 Å². The summed E-state index contributed by atoms with van der Waals surface area (Å²) in [5, 5.41) is 8.42. The van der Waals surface area contributed by atoms with Crippen LogP contribution in [0.1, 0.15) is 0 Å². The van der Waals surface area contributed by atoms with Crippen molar-refractivity contribution >= 4 is 76.6 Å². The van der Waals surface area contributed by atoms with E-state index < -0.39 is 0 Å². The molecule has 0 unspecified atom stereocenters. The van der Waals surface area contributed by atoms with E-state index in [0.29, 0.717) is 17.5 Å². The van der Waals surface area contributed by atoms with Crippen LogP contribution in [-0.4, -0.2) is 15.0 Å². The maximum atomic E-state index is 6.73. The van der Waals surface area contributed by atoms with Crippen molar-refractivity contribution in [1.82, 2.24) is 15.0 Å². The van der Waals surface area contributed by atoms with Gasteiger partial charge in [0.25, 0.3) is 0 Å². The standard InChI is InChI=1S/C55H31N3O3/c1-2-11-32(12-3-1)33-21-23-34(24-22-33)53-56-54(37-26-28-46-43(29-37)39-15-6-8-18-44(39)59-46)58-55(57-53)42-17-10-20-47-51(42)41-27-25-36(31-48(41)61-47)50-38-14-5-4-13-35(38)30-49-52(50)40-16-7-9-19-45(40)60-49/h1-31H. The highest BCUT2D eigenvalue weighted by Crippen LogP contribution is 2.44. The lowest BCUT2D eigenvalue weighted by Crippen LogP contribution is -2.00. The molecular formula is C55H31N3O3. The Morgan fingerprint density at radius 3 is 1.70 bits per heavy atom. The average molecular weight is 782 g/mol. The number of furan rings is 3. The lowest BCUT2D eigenvalue weighted by atomic mass is 9.92. The largest absolute Gasteiger partial charge is 0.456 e. The fourth-order valence-electron chi connectivity index (χ4n) is 9.08. The maximum absolute atomic E-state index is 6.73. The van der Waals surface area contributed by atoms with Gasteiger partial charge in [0.05, 0.1) is 0 Å².